The zero-order valence-electron chi connectivity index (χ0n) is 11.7. The lowest BCUT2D eigenvalue weighted by atomic mass is 10.1. The summed E-state index contributed by atoms with van der Waals surface area (Å²) in [6, 6.07) is 13.7. The van der Waals surface area contributed by atoms with E-state index >= 15 is 0 Å². The second-order valence-corrected chi connectivity index (χ2v) is 7.36. The summed E-state index contributed by atoms with van der Waals surface area (Å²) in [7, 11) is -1.98. The highest BCUT2D eigenvalue weighted by Gasteiger charge is 2.39. The first-order valence-corrected chi connectivity index (χ1v) is 8.30. The molecule has 0 bridgehead atoms. The summed E-state index contributed by atoms with van der Waals surface area (Å²) in [5.74, 6) is 0.528. The van der Waals surface area contributed by atoms with Crippen LogP contribution in [0.4, 0.5) is 0 Å². The monoisotopic (exact) mass is 303 g/mol. The Balaban J connectivity index is 2.00. The quantitative estimate of drug-likeness (QED) is 0.942. The number of rotatable bonds is 3. The number of sulfone groups is 1. The third-order valence-corrected chi connectivity index (χ3v) is 6.17. The fraction of sp³-hybridized carbons (Fsp3) is 0.250. The standard InChI is InChI=1S/C16H17NO3S/c1-20-12-6-4-7-13(10-12)21(18,19)15-9-11-5-2-3-8-14(11)16(15)17/h2-8,10,15-16H,9,17H2,1H3. The van der Waals surface area contributed by atoms with Crippen molar-refractivity contribution in [3.05, 3.63) is 59.7 Å². The fourth-order valence-electron chi connectivity index (χ4n) is 2.84. The number of nitrogens with two attached hydrogens (primary N) is 1. The molecule has 2 atom stereocenters. The van der Waals surface area contributed by atoms with Gasteiger partial charge in [-0.25, -0.2) is 8.42 Å². The Morgan fingerprint density at radius 1 is 1.14 bits per heavy atom. The summed E-state index contributed by atoms with van der Waals surface area (Å²) >= 11 is 0. The molecule has 0 heterocycles. The number of hydrogen-bond donors (Lipinski definition) is 1. The Labute approximate surface area is 124 Å². The van der Waals surface area contributed by atoms with Crippen LogP contribution in [0.1, 0.15) is 17.2 Å². The minimum atomic E-state index is -3.49. The zero-order valence-corrected chi connectivity index (χ0v) is 12.5. The van der Waals surface area contributed by atoms with Crippen LogP contribution in [0.3, 0.4) is 0 Å². The summed E-state index contributed by atoms with van der Waals surface area (Å²) in [5.41, 5.74) is 8.11. The molecule has 0 aromatic heterocycles. The van der Waals surface area contributed by atoms with Gasteiger partial charge in [0.25, 0.3) is 0 Å². The lowest BCUT2D eigenvalue weighted by molar-refractivity contribution is 0.413. The molecule has 1 aliphatic carbocycles. The average Bonchev–Trinajstić information content (AvgIpc) is 2.86. The van der Waals surface area contributed by atoms with E-state index in [0.717, 1.165) is 11.1 Å². The van der Waals surface area contributed by atoms with Gasteiger partial charge in [-0.1, -0.05) is 30.3 Å². The molecule has 21 heavy (non-hydrogen) atoms. The van der Waals surface area contributed by atoms with Gasteiger partial charge in [-0.2, -0.15) is 0 Å². The molecule has 5 heteroatoms. The van der Waals surface area contributed by atoms with Crippen LogP contribution >= 0.6 is 0 Å². The van der Waals surface area contributed by atoms with Crippen molar-refractivity contribution >= 4 is 9.84 Å². The average molecular weight is 303 g/mol. The van der Waals surface area contributed by atoms with E-state index in [1.807, 2.05) is 24.3 Å². The van der Waals surface area contributed by atoms with Crippen molar-refractivity contribution in [1.82, 2.24) is 0 Å². The topological polar surface area (TPSA) is 69.4 Å². The fourth-order valence-corrected chi connectivity index (χ4v) is 4.67. The van der Waals surface area contributed by atoms with Crippen molar-refractivity contribution in [3.8, 4) is 5.75 Å². The van der Waals surface area contributed by atoms with Crippen LogP contribution in [0.2, 0.25) is 0 Å². The van der Waals surface area contributed by atoms with Crippen molar-refractivity contribution in [3.63, 3.8) is 0 Å². The Kier molecular flexibility index (Phi) is 3.47. The van der Waals surface area contributed by atoms with Crippen LogP contribution in [0.5, 0.6) is 5.75 Å². The van der Waals surface area contributed by atoms with Crippen LogP contribution in [0.15, 0.2) is 53.4 Å². The predicted octanol–water partition coefficient (Wildman–Crippen LogP) is 2.09. The molecule has 3 rings (SSSR count). The summed E-state index contributed by atoms with van der Waals surface area (Å²) in [6.07, 6.45) is 0.455. The maximum atomic E-state index is 12.8. The minimum Gasteiger partial charge on any atom is -0.497 e. The van der Waals surface area contributed by atoms with Gasteiger partial charge in [0.2, 0.25) is 0 Å². The van der Waals surface area contributed by atoms with Gasteiger partial charge < -0.3 is 10.5 Å². The Morgan fingerprint density at radius 3 is 2.62 bits per heavy atom. The Hall–Kier alpha value is -1.85. The van der Waals surface area contributed by atoms with E-state index in [9.17, 15) is 8.42 Å². The summed E-state index contributed by atoms with van der Waals surface area (Å²) in [4.78, 5) is 0.259. The highest BCUT2D eigenvalue weighted by Crippen LogP contribution is 2.36. The van der Waals surface area contributed by atoms with Crippen molar-refractivity contribution in [2.45, 2.75) is 22.6 Å². The third kappa shape index (κ3) is 2.32. The molecular formula is C16H17NO3S. The van der Waals surface area contributed by atoms with Gasteiger partial charge in [-0.05, 0) is 35.7 Å². The van der Waals surface area contributed by atoms with E-state index in [2.05, 4.69) is 0 Å². The molecule has 2 unspecified atom stereocenters. The van der Waals surface area contributed by atoms with E-state index in [1.54, 1.807) is 24.3 Å². The van der Waals surface area contributed by atoms with Crippen molar-refractivity contribution in [1.29, 1.82) is 0 Å². The van der Waals surface area contributed by atoms with Crippen LogP contribution in [0, 0.1) is 0 Å². The molecule has 0 spiro atoms. The Morgan fingerprint density at radius 2 is 1.90 bits per heavy atom. The van der Waals surface area contributed by atoms with E-state index < -0.39 is 21.1 Å². The predicted molar refractivity (Wildman–Crippen MR) is 81.0 cm³/mol. The second-order valence-electron chi connectivity index (χ2n) is 5.19. The van der Waals surface area contributed by atoms with Gasteiger partial charge in [-0.3, -0.25) is 0 Å². The van der Waals surface area contributed by atoms with Crippen LogP contribution in [-0.4, -0.2) is 20.8 Å². The lowest BCUT2D eigenvalue weighted by Crippen LogP contribution is -2.30. The van der Waals surface area contributed by atoms with Gasteiger partial charge in [0.15, 0.2) is 9.84 Å². The number of benzene rings is 2. The Bertz CT molecular complexity index is 771. The molecule has 0 fully saturated rings. The maximum absolute atomic E-state index is 12.8. The smallest absolute Gasteiger partial charge is 0.183 e. The van der Waals surface area contributed by atoms with Gasteiger partial charge in [0.1, 0.15) is 5.75 Å². The number of fused-ring (bicyclic) bond motifs is 1. The zero-order chi connectivity index (χ0) is 15.0. The van der Waals surface area contributed by atoms with Crippen molar-refractivity contribution in [2.24, 2.45) is 5.73 Å². The molecule has 0 radical (unpaired) electrons. The van der Waals surface area contributed by atoms with E-state index in [0.29, 0.717) is 12.2 Å². The molecule has 110 valence electrons. The van der Waals surface area contributed by atoms with E-state index in [1.165, 1.54) is 7.11 Å². The molecular weight excluding hydrogens is 286 g/mol. The molecule has 0 saturated carbocycles. The molecule has 4 nitrogen and oxygen atoms in total. The van der Waals surface area contributed by atoms with Gasteiger partial charge in [0.05, 0.1) is 17.3 Å². The van der Waals surface area contributed by atoms with Gasteiger partial charge in [-0.15, -0.1) is 0 Å². The van der Waals surface area contributed by atoms with Crippen LogP contribution < -0.4 is 10.5 Å². The van der Waals surface area contributed by atoms with E-state index in [-0.39, 0.29) is 4.90 Å². The second kappa shape index (κ2) is 5.16. The van der Waals surface area contributed by atoms with Crippen LogP contribution in [0.25, 0.3) is 0 Å². The molecule has 0 saturated heterocycles. The first-order chi connectivity index (χ1) is 10.0. The van der Waals surface area contributed by atoms with Gasteiger partial charge in [0, 0.05) is 6.04 Å². The van der Waals surface area contributed by atoms with Gasteiger partial charge >= 0.3 is 0 Å². The van der Waals surface area contributed by atoms with Crippen LogP contribution in [-0.2, 0) is 16.3 Å². The summed E-state index contributed by atoms with van der Waals surface area (Å²) in [5, 5.41) is -0.623. The first-order valence-electron chi connectivity index (χ1n) is 6.75. The number of ether oxygens (including phenoxy) is 1. The van der Waals surface area contributed by atoms with Crippen molar-refractivity contribution < 1.29 is 13.2 Å². The van der Waals surface area contributed by atoms with Crippen molar-refractivity contribution in [2.75, 3.05) is 7.11 Å². The molecule has 2 aromatic rings. The molecule has 0 amide bonds. The number of methoxy groups -OCH3 is 1. The molecule has 1 aliphatic rings. The third-order valence-electron chi connectivity index (χ3n) is 4.00. The molecule has 2 aromatic carbocycles. The largest absolute Gasteiger partial charge is 0.497 e. The summed E-state index contributed by atoms with van der Waals surface area (Å²) < 4.78 is 30.8. The maximum Gasteiger partial charge on any atom is 0.183 e. The first kappa shape index (κ1) is 14.1. The molecule has 0 aliphatic heterocycles. The van der Waals surface area contributed by atoms with E-state index in [4.69, 9.17) is 10.5 Å². The summed E-state index contributed by atoms with van der Waals surface area (Å²) in [6.45, 7) is 0. The molecule has 2 N–H and O–H groups in total. The highest BCUT2D eigenvalue weighted by atomic mass is 32.2. The SMILES string of the molecule is COc1cccc(S(=O)(=O)C2Cc3ccccc3C2N)c1. The number of hydrogen-bond acceptors (Lipinski definition) is 4. The highest BCUT2D eigenvalue weighted by molar-refractivity contribution is 7.92. The lowest BCUT2D eigenvalue weighted by Gasteiger charge is -2.17. The minimum absolute atomic E-state index is 0.259. The normalized spacial score (nSPS) is 21.0.